The van der Waals surface area contributed by atoms with Gasteiger partial charge in [-0.1, -0.05) is 11.6 Å². The van der Waals surface area contributed by atoms with Crippen LogP contribution >= 0.6 is 0 Å². The third-order valence-electron chi connectivity index (χ3n) is 2.48. The van der Waals surface area contributed by atoms with Gasteiger partial charge in [0.15, 0.2) is 0 Å². The van der Waals surface area contributed by atoms with Gasteiger partial charge < -0.3 is 0 Å². The Kier molecular flexibility index (Phi) is 3.00. The van der Waals surface area contributed by atoms with E-state index in [0.717, 1.165) is 0 Å². The number of hydrogen-bond donors (Lipinski definition) is 0. The Morgan fingerprint density at radius 3 is 1.83 bits per heavy atom. The molecule has 2 saturated heterocycles. The summed E-state index contributed by atoms with van der Waals surface area (Å²) in [7, 11) is 0. The molecular formula is C10H10N2O6. The van der Waals surface area contributed by atoms with Gasteiger partial charge in [0.25, 0.3) is 17.7 Å². The maximum absolute atomic E-state index is 11.3. The average Bonchev–Trinajstić information content (AvgIpc) is 2.79. The number of nitrogens with zero attached hydrogens (tertiary/aromatic N) is 2. The van der Waals surface area contributed by atoms with Gasteiger partial charge in [-0.3, -0.25) is 24.1 Å². The molecule has 18 heavy (non-hydrogen) atoms. The number of carbonyl (C=O) groups is 4. The number of imide groups is 1. The van der Waals surface area contributed by atoms with Crippen molar-refractivity contribution in [3.05, 3.63) is 12.3 Å². The predicted molar refractivity (Wildman–Crippen MR) is 53.9 cm³/mol. The fourth-order valence-electron chi connectivity index (χ4n) is 1.57. The van der Waals surface area contributed by atoms with Gasteiger partial charge in [0, 0.05) is 19.3 Å². The molecule has 2 heterocycles. The quantitative estimate of drug-likeness (QED) is 0.656. The van der Waals surface area contributed by atoms with Crippen LogP contribution in [0.15, 0.2) is 12.3 Å². The molecule has 0 aromatic carbocycles. The molecule has 0 radical (unpaired) electrons. The standard InChI is InChI=1S/C10H10N2O6/c1-6-2-3-7(13)11(6)17-10(16)18-12-8(14)4-5-9(12)15/h1-5H2. The summed E-state index contributed by atoms with van der Waals surface area (Å²) in [5, 5.41) is 1.04. The number of allylic oxidation sites excluding steroid dienone is 1. The molecule has 2 aliphatic heterocycles. The lowest BCUT2D eigenvalue weighted by Gasteiger charge is -2.17. The van der Waals surface area contributed by atoms with Gasteiger partial charge in [-0.25, -0.2) is 0 Å². The highest BCUT2D eigenvalue weighted by Gasteiger charge is 2.35. The molecule has 0 spiro atoms. The maximum atomic E-state index is 11.3. The lowest BCUT2D eigenvalue weighted by molar-refractivity contribution is -0.191. The summed E-state index contributed by atoms with van der Waals surface area (Å²) in [6.07, 6.45) is -0.778. The van der Waals surface area contributed by atoms with E-state index in [-0.39, 0.29) is 19.3 Å². The molecule has 0 bridgehead atoms. The summed E-state index contributed by atoms with van der Waals surface area (Å²) in [6.45, 7) is 3.53. The highest BCUT2D eigenvalue weighted by Crippen LogP contribution is 2.21. The minimum absolute atomic E-state index is 0.0124. The maximum Gasteiger partial charge on any atom is 0.559 e. The first-order valence-electron chi connectivity index (χ1n) is 5.25. The summed E-state index contributed by atoms with van der Waals surface area (Å²) >= 11 is 0. The van der Waals surface area contributed by atoms with Crippen molar-refractivity contribution >= 4 is 23.9 Å². The minimum atomic E-state index is -1.32. The molecule has 96 valence electrons. The monoisotopic (exact) mass is 254 g/mol. The number of hydrogen-bond acceptors (Lipinski definition) is 6. The highest BCUT2D eigenvalue weighted by atomic mass is 16.9. The lowest BCUT2D eigenvalue weighted by Crippen LogP contribution is -2.35. The fraction of sp³-hybridized carbons (Fsp3) is 0.400. The van der Waals surface area contributed by atoms with Crippen LogP contribution in [0.25, 0.3) is 0 Å². The van der Waals surface area contributed by atoms with Crippen molar-refractivity contribution in [3.8, 4) is 0 Å². The van der Waals surface area contributed by atoms with Crippen LogP contribution in [-0.4, -0.2) is 34.0 Å². The summed E-state index contributed by atoms with van der Waals surface area (Å²) in [5.74, 6) is -1.68. The second kappa shape index (κ2) is 4.47. The number of amides is 3. The molecule has 0 aliphatic carbocycles. The Hall–Kier alpha value is -2.38. The normalized spacial score (nSPS) is 19.8. The number of hydroxylamine groups is 4. The Balaban J connectivity index is 1.93. The minimum Gasteiger partial charge on any atom is -0.297 e. The molecule has 0 unspecified atom stereocenters. The van der Waals surface area contributed by atoms with E-state index in [4.69, 9.17) is 0 Å². The molecule has 2 aliphatic rings. The SMILES string of the molecule is C=C1CCC(=O)N1OC(=O)ON1C(=O)CCC1=O. The van der Waals surface area contributed by atoms with Crippen LogP contribution in [0.3, 0.4) is 0 Å². The van der Waals surface area contributed by atoms with Crippen LogP contribution < -0.4 is 0 Å². The second-order valence-corrected chi connectivity index (χ2v) is 3.77. The zero-order valence-corrected chi connectivity index (χ0v) is 9.38. The molecule has 0 saturated carbocycles. The number of carbonyl (C=O) groups excluding carboxylic acids is 4. The van der Waals surface area contributed by atoms with E-state index in [1.807, 2.05) is 0 Å². The molecular weight excluding hydrogens is 244 g/mol. The molecule has 0 aromatic rings. The number of rotatable bonds is 2. The summed E-state index contributed by atoms with van der Waals surface area (Å²) in [6, 6.07) is 0. The van der Waals surface area contributed by atoms with E-state index in [2.05, 4.69) is 16.3 Å². The van der Waals surface area contributed by atoms with Crippen molar-refractivity contribution in [3.63, 3.8) is 0 Å². The van der Waals surface area contributed by atoms with E-state index < -0.39 is 23.9 Å². The van der Waals surface area contributed by atoms with Crippen molar-refractivity contribution in [1.82, 2.24) is 10.1 Å². The van der Waals surface area contributed by atoms with E-state index in [9.17, 15) is 19.2 Å². The van der Waals surface area contributed by atoms with Gasteiger partial charge in [-0.15, -0.1) is 5.06 Å². The summed E-state index contributed by atoms with van der Waals surface area (Å²) in [4.78, 5) is 53.9. The Morgan fingerprint density at radius 2 is 1.33 bits per heavy atom. The molecule has 2 rings (SSSR count). The Labute approximate surface area is 102 Å². The van der Waals surface area contributed by atoms with Crippen LogP contribution in [0.5, 0.6) is 0 Å². The first-order chi connectivity index (χ1) is 8.49. The van der Waals surface area contributed by atoms with Gasteiger partial charge in [0.05, 0.1) is 5.70 Å². The molecule has 0 aromatic heterocycles. The van der Waals surface area contributed by atoms with Crippen molar-refractivity contribution in [2.45, 2.75) is 25.7 Å². The van der Waals surface area contributed by atoms with Gasteiger partial charge in [0.1, 0.15) is 0 Å². The molecule has 8 nitrogen and oxygen atoms in total. The van der Waals surface area contributed by atoms with Gasteiger partial charge >= 0.3 is 6.16 Å². The Morgan fingerprint density at radius 1 is 0.889 bits per heavy atom. The van der Waals surface area contributed by atoms with Crippen LogP contribution in [-0.2, 0) is 24.1 Å². The van der Waals surface area contributed by atoms with Gasteiger partial charge in [-0.05, 0) is 6.42 Å². The van der Waals surface area contributed by atoms with Crippen LogP contribution in [0.2, 0.25) is 0 Å². The topological polar surface area (TPSA) is 93.2 Å². The van der Waals surface area contributed by atoms with Crippen molar-refractivity contribution in [1.29, 1.82) is 0 Å². The van der Waals surface area contributed by atoms with Crippen molar-refractivity contribution in [2.24, 2.45) is 0 Å². The van der Waals surface area contributed by atoms with Crippen LogP contribution in [0, 0.1) is 0 Å². The van der Waals surface area contributed by atoms with E-state index in [1.165, 1.54) is 0 Å². The van der Waals surface area contributed by atoms with Crippen LogP contribution in [0.1, 0.15) is 25.7 Å². The molecule has 8 heteroatoms. The molecule has 0 N–H and O–H groups in total. The van der Waals surface area contributed by atoms with E-state index in [0.29, 0.717) is 22.2 Å². The summed E-state index contributed by atoms with van der Waals surface area (Å²) in [5.41, 5.74) is 0.316. The van der Waals surface area contributed by atoms with E-state index in [1.54, 1.807) is 0 Å². The zero-order chi connectivity index (χ0) is 13.3. The van der Waals surface area contributed by atoms with Crippen LogP contribution in [0.4, 0.5) is 4.79 Å². The van der Waals surface area contributed by atoms with Gasteiger partial charge in [0.2, 0.25) is 0 Å². The zero-order valence-electron chi connectivity index (χ0n) is 9.38. The molecule has 2 fully saturated rings. The lowest BCUT2D eigenvalue weighted by atomic mass is 10.3. The van der Waals surface area contributed by atoms with Gasteiger partial charge in [-0.2, -0.15) is 4.79 Å². The van der Waals surface area contributed by atoms with E-state index >= 15 is 0 Å². The predicted octanol–water partition coefficient (Wildman–Crippen LogP) is 0.255. The smallest absolute Gasteiger partial charge is 0.297 e. The largest absolute Gasteiger partial charge is 0.559 e. The van der Waals surface area contributed by atoms with Crippen molar-refractivity contribution < 1.29 is 28.9 Å². The molecule has 3 amide bonds. The first-order valence-corrected chi connectivity index (χ1v) is 5.25. The second-order valence-electron chi connectivity index (χ2n) is 3.77. The average molecular weight is 254 g/mol. The summed E-state index contributed by atoms with van der Waals surface area (Å²) < 4.78 is 0. The molecule has 0 atom stereocenters. The third-order valence-corrected chi connectivity index (χ3v) is 2.48. The highest BCUT2D eigenvalue weighted by molar-refractivity contribution is 6.01. The first kappa shape index (κ1) is 12.1. The van der Waals surface area contributed by atoms with Crippen molar-refractivity contribution in [2.75, 3.05) is 0 Å². The fourth-order valence-corrected chi connectivity index (χ4v) is 1.57. The Bertz CT molecular complexity index is 385. The third kappa shape index (κ3) is 2.17.